The molecule has 0 aromatic rings. The molecule has 0 aromatic heterocycles. The van der Waals surface area contributed by atoms with Gasteiger partial charge in [-0.3, -0.25) is 0 Å². The van der Waals surface area contributed by atoms with E-state index in [1.165, 1.54) is 7.11 Å². The average molecular weight is 286 g/mol. The van der Waals surface area contributed by atoms with Gasteiger partial charge in [-0.2, -0.15) is 0 Å². The molecule has 0 bridgehead atoms. The molecule has 6 nitrogen and oxygen atoms in total. The van der Waals surface area contributed by atoms with Crippen molar-refractivity contribution in [1.29, 1.82) is 0 Å². The van der Waals surface area contributed by atoms with E-state index in [2.05, 4.69) is 6.92 Å². The molecule has 0 N–H and O–H groups in total. The Hall–Kier alpha value is -1.46. The molecular formula is C14H26N2O4. The molecule has 1 rings (SSSR count). The van der Waals surface area contributed by atoms with Gasteiger partial charge in [0.15, 0.2) is 0 Å². The van der Waals surface area contributed by atoms with Crippen molar-refractivity contribution in [2.75, 3.05) is 27.2 Å². The van der Waals surface area contributed by atoms with Crippen LogP contribution in [0.4, 0.5) is 9.59 Å². The van der Waals surface area contributed by atoms with Crippen LogP contribution in [0.5, 0.6) is 0 Å². The molecule has 1 heterocycles. The van der Waals surface area contributed by atoms with E-state index in [9.17, 15) is 9.59 Å². The van der Waals surface area contributed by atoms with Gasteiger partial charge in [-0.05, 0) is 33.1 Å². The third-order valence-electron chi connectivity index (χ3n) is 3.53. The zero-order valence-corrected chi connectivity index (χ0v) is 13.3. The molecule has 1 aliphatic rings. The molecule has 1 aliphatic heterocycles. The fraction of sp³-hybridized carbons (Fsp3) is 0.857. The zero-order valence-electron chi connectivity index (χ0n) is 13.3. The fourth-order valence-corrected chi connectivity index (χ4v) is 2.32. The van der Waals surface area contributed by atoms with Crippen LogP contribution in [0.1, 0.15) is 34.1 Å². The van der Waals surface area contributed by atoms with Crippen LogP contribution in [0.25, 0.3) is 0 Å². The lowest BCUT2D eigenvalue weighted by Crippen LogP contribution is -2.54. The predicted octanol–water partition coefficient (Wildman–Crippen LogP) is 2.33. The highest BCUT2D eigenvalue weighted by Crippen LogP contribution is 2.23. The van der Waals surface area contributed by atoms with Gasteiger partial charge in [-0.15, -0.1) is 0 Å². The maximum atomic E-state index is 12.1. The number of methoxy groups -OCH3 is 1. The number of ether oxygens (including phenoxy) is 2. The molecule has 0 aromatic carbocycles. The molecule has 20 heavy (non-hydrogen) atoms. The Morgan fingerprint density at radius 3 is 2.40 bits per heavy atom. The van der Waals surface area contributed by atoms with E-state index in [0.29, 0.717) is 19.0 Å². The number of nitrogens with zero attached hydrogens (tertiary/aromatic N) is 2. The second-order valence-electron chi connectivity index (χ2n) is 6.34. The van der Waals surface area contributed by atoms with Crippen molar-refractivity contribution in [2.24, 2.45) is 5.92 Å². The van der Waals surface area contributed by atoms with Crippen LogP contribution >= 0.6 is 0 Å². The van der Waals surface area contributed by atoms with Gasteiger partial charge in [0, 0.05) is 20.1 Å². The molecule has 0 radical (unpaired) electrons. The second kappa shape index (κ2) is 6.33. The molecule has 0 unspecified atom stereocenters. The number of hydrogen-bond donors (Lipinski definition) is 0. The highest BCUT2D eigenvalue weighted by molar-refractivity contribution is 5.69. The minimum absolute atomic E-state index is 0.0577. The van der Waals surface area contributed by atoms with E-state index in [0.717, 1.165) is 6.42 Å². The lowest BCUT2D eigenvalue weighted by Gasteiger charge is -2.41. The Morgan fingerprint density at radius 2 is 1.90 bits per heavy atom. The van der Waals surface area contributed by atoms with Gasteiger partial charge in [0.1, 0.15) is 5.60 Å². The summed E-state index contributed by atoms with van der Waals surface area (Å²) in [5.41, 5.74) is -0.523. The number of hydrogen-bond acceptors (Lipinski definition) is 4. The first kappa shape index (κ1) is 16.6. The van der Waals surface area contributed by atoms with E-state index in [1.54, 1.807) is 16.8 Å². The van der Waals surface area contributed by atoms with Crippen LogP contribution in [0.3, 0.4) is 0 Å². The monoisotopic (exact) mass is 286 g/mol. The average Bonchev–Trinajstić information content (AvgIpc) is 2.35. The van der Waals surface area contributed by atoms with Crippen LogP contribution < -0.4 is 0 Å². The van der Waals surface area contributed by atoms with Gasteiger partial charge in [0.25, 0.3) is 0 Å². The van der Waals surface area contributed by atoms with E-state index in [-0.39, 0.29) is 18.2 Å². The van der Waals surface area contributed by atoms with Crippen LogP contribution in [0.2, 0.25) is 0 Å². The number of likely N-dealkylation sites (N-methyl/N-ethyl adjacent to an activating group) is 1. The van der Waals surface area contributed by atoms with Crippen molar-refractivity contribution in [3.05, 3.63) is 0 Å². The van der Waals surface area contributed by atoms with Crippen molar-refractivity contribution < 1.29 is 19.1 Å². The van der Waals surface area contributed by atoms with Crippen LogP contribution in [0, 0.1) is 5.92 Å². The molecule has 0 spiro atoms. The Balaban J connectivity index is 2.71. The van der Waals surface area contributed by atoms with E-state index in [4.69, 9.17) is 9.47 Å². The first-order valence-corrected chi connectivity index (χ1v) is 6.94. The van der Waals surface area contributed by atoms with E-state index in [1.807, 2.05) is 20.8 Å². The lowest BCUT2D eigenvalue weighted by atomic mass is 9.93. The van der Waals surface area contributed by atoms with Crippen molar-refractivity contribution in [3.8, 4) is 0 Å². The van der Waals surface area contributed by atoms with Gasteiger partial charge in [-0.25, -0.2) is 9.59 Å². The molecule has 1 saturated heterocycles. The zero-order chi connectivity index (χ0) is 15.5. The van der Waals surface area contributed by atoms with E-state index >= 15 is 0 Å². The summed E-state index contributed by atoms with van der Waals surface area (Å²) in [5, 5.41) is 0. The molecule has 1 fully saturated rings. The van der Waals surface area contributed by atoms with Crippen molar-refractivity contribution >= 4 is 12.2 Å². The molecule has 0 aliphatic carbocycles. The summed E-state index contributed by atoms with van der Waals surface area (Å²) in [6.07, 6.45) is 0.132. The highest BCUT2D eigenvalue weighted by atomic mass is 16.6. The van der Waals surface area contributed by atoms with Gasteiger partial charge in [-0.1, -0.05) is 6.92 Å². The Bertz CT molecular complexity index is 365. The number of rotatable bonds is 1. The Labute approximate surface area is 121 Å². The minimum Gasteiger partial charge on any atom is -0.453 e. The Morgan fingerprint density at radius 1 is 1.30 bits per heavy atom. The maximum Gasteiger partial charge on any atom is 0.410 e. The number of carbonyl (C=O) groups is 2. The highest BCUT2D eigenvalue weighted by Gasteiger charge is 2.35. The fourth-order valence-electron chi connectivity index (χ4n) is 2.32. The Kier molecular flexibility index (Phi) is 5.25. The van der Waals surface area contributed by atoms with Crippen molar-refractivity contribution in [2.45, 2.75) is 45.8 Å². The second-order valence-corrected chi connectivity index (χ2v) is 6.34. The summed E-state index contributed by atoms with van der Waals surface area (Å²) >= 11 is 0. The van der Waals surface area contributed by atoms with Gasteiger partial charge in [0.2, 0.25) is 0 Å². The third-order valence-corrected chi connectivity index (χ3v) is 3.53. The SMILES string of the molecule is COC(=O)N1CC[C@@H](C)[C@@H](N(C)C(=O)OC(C)(C)C)C1. The minimum atomic E-state index is -0.523. The topological polar surface area (TPSA) is 59.1 Å². The number of piperidine rings is 1. The standard InChI is InChI=1S/C14H26N2O4/c1-10-7-8-16(13(18)19-6)9-11(10)15(5)12(17)20-14(2,3)4/h10-11H,7-9H2,1-6H3/t10-,11+/m1/s1. The van der Waals surface area contributed by atoms with Crippen LogP contribution in [-0.2, 0) is 9.47 Å². The van der Waals surface area contributed by atoms with Crippen molar-refractivity contribution in [3.63, 3.8) is 0 Å². The van der Waals surface area contributed by atoms with Crippen molar-refractivity contribution in [1.82, 2.24) is 9.80 Å². The normalized spacial score (nSPS) is 23.2. The van der Waals surface area contributed by atoms with Gasteiger partial charge < -0.3 is 19.3 Å². The van der Waals surface area contributed by atoms with Crippen LogP contribution in [0.15, 0.2) is 0 Å². The quantitative estimate of drug-likeness (QED) is 0.742. The van der Waals surface area contributed by atoms with Gasteiger partial charge >= 0.3 is 12.2 Å². The largest absolute Gasteiger partial charge is 0.453 e. The molecular weight excluding hydrogens is 260 g/mol. The summed E-state index contributed by atoms with van der Waals surface area (Å²) in [4.78, 5) is 26.9. The summed E-state index contributed by atoms with van der Waals surface area (Å²) in [5.74, 6) is 0.313. The predicted molar refractivity (Wildman–Crippen MR) is 75.5 cm³/mol. The first-order valence-electron chi connectivity index (χ1n) is 6.94. The molecule has 116 valence electrons. The van der Waals surface area contributed by atoms with Gasteiger partial charge in [0.05, 0.1) is 13.2 Å². The maximum absolute atomic E-state index is 12.1. The summed E-state index contributed by atoms with van der Waals surface area (Å²) in [6, 6.07) is -0.0577. The molecule has 0 saturated carbocycles. The summed E-state index contributed by atoms with van der Waals surface area (Å²) in [6.45, 7) is 8.73. The lowest BCUT2D eigenvalue weighted by molar-refractivity contribution is 0.00444. The first-order chi connectivity index (χ1) is 9.15. The van der Waals surface area contributed by atoms with E-state index < -0.39 is 5.60 Å². The summed E-state index contributed by atoms with van der Waals surface area (Å²) < 4.78 is 10.1. The molecule has 2 atom stereocenters. The molecule has 6 heteroatoms. The van der Waals surface area contributed by atoms with Crippen LogP contribution in [-0.4, -0.2) is 60.9 Å². The smallest absolute Gasteiger partial charge is 0.410 e. The summed E-state index contributed by atoms with van der Waals surface area (Å²) in [7, 11) is 3.09. The molecule has 2 amide bonds. The number of carbonyl (C=O) groups excluding carboxylic acids is 2. The number of likely N-dealkylation sites (tertiary alicyclic amines) is 1. The third kappa shape index (κ3) is 4.28. The number of amides is 2.